The number of carbonyl (C=O) groups excluding carboxylic acids is 1. The van der Waals surface area contributed by atoms with Gasteiger partial charge in [0.05, 0.1) is 30.2 Å². The maximum absolute atomic E-state index is 13.7. The number of amides is 1. The Morgan fingerprint density at radius 3 is 2.80 bits per heavy atom. The fourth-order valence-corrected chi connectivity index (χ4v) is 1.62. The van der Waals surface area contributed by atoms with E-state index in [-0.39, 0.29) is 22.8 Å². The third-order valence-corrected chi connectivity index (χ3v) is 2.60. The first-order valence-corrected chi connectivity index (χ1v) is 5.67. The number of carbonyl (C=O) groups is 1. The van der Waals surface area contributed by atoms with Gasteiger partial charge < -0.3 is 21.5 Å². The van der Waals surface area contributed by atoms with Crippen LogP contribution in [0.2, 0.25) is 0 Å². The van der Waals surface area contributed by atoms with Crippen LogP contribution >= 0.6 is 0 Å². The average Bonchev–Trinajstić information content (AvgIpc) is 2.42. The number of anilines is 3. The second-order valence-corrected chi connectivity index (χ2v) is 4.00. The molecule has 0 saturated heterocycles. The molecule has 6 nitrogen and oxygen atoms in total. The highest BCUT2D eigenvalue weighted by Crippen LogP contribution is 2.26. The Labute approximate surface area is 114 Å². The van der Waals surface area contributed by atoms with Gasteiger partial charge in [-0.15, -0.1) is 0 Å². The van der Waals surface area contributed by atoms with E-state index in [1.807, 2.05) is 0 Å². The van der Waals surface area contributed by atoms with Crippen LogP contribution in [-0.4, -0.2) is 18.0 Å². The molecule has 2 aromatic rings. The molecule has 1 heterocycles. The van der Waals surface area contributed by atoms with Crippen LogP contribution in [0.5, 0.6) is 5.75 Å². The number of aromatic nitrogens is 1. The van der Waals surface area contributed by atoms with E-state index in [9.17, 15) is 9.18 Å². The lowest BCUT2D eigenvalue weighted by Crippen LogP contribution is -2.15. The predicted octanol–water partition coefficient (Wildman–Crippen LogP) is 1.65. The Hall–Kier alpha value is -2.83. The topological polar surface area (TPSA) is 103 Å². The van der Waals surface area contributed by atoms with E-state index in [2.05, 4.69) is 10.3 Å². The van der Waals surface area contributed by atoms with Crippen LogP contribution in [0.15, 0.2) is 30.5 Å². The van der Waals surface area contributed by atoms with E-state index in [0.717, 1.165) is 0 Å². The summed E-state index contributed by atoms with van der Waals surface area (Å²) in [5, 5.41) is 2.70. The Kier molecular flexibility index (Phi) is 3.69. The van der Waals surface area contributed by atoms with Gasteiger partial charge in [0, 0.05) is 6.07 Å². The quantitative estimate of drug-likeness (QED) is 0.787. The molecule has 0 fully saturated rings. The molecular weight excluding hydrogens is 263 g/mol. The monoisotopic (exact) mass is 276 g/mol. The van der Waals surface area contributed by atoms with Crippen molar-refractivity contribution in [1.29, 1.82) is 0 Å². The molecule has 0 saturated carbocycles. The van der Waals surface area contributed by atoms with Crippen LogP contribution in [-0.2, 0) is 0 Å². The lowest BCUT2D eigenvalue weighted by atomic mass is 10.2. The minimum Gasteiger partial charge on any atom is -0.497 e. The van der Waals surface area contributed by atoms with Crippen LogP contribution in [0.1, 0.15) is 10.4 Å². The predicted molar refractivity (Wildman–Crippen MR) is 73.4 cm³/mol. The third-order valence-electron chi connectivity index (χ3n) is 2.60. The summed E-state index contributed by atoms with van der Waals surface area (Å²) in [5.41, 5.74) is 11.3. The summed E-state index contributed by atoms with van der Waals surface area (Å²) in [5.74, 6) is -0.640. The standard InChI is InChI=1S/C13H13FN4O2/c1-20-8-2-3-10(14)11(5-8)18-13-9(12(16)19)4-7(15)6-17-13/h2-6H,15H2,1H3,(H2,16,19)(H,17,18). The van der Waals surface area contributed by atoms with Crippen LogP contribution in [0.25, 0.3) is 0 Å². The molecule has 20 heavy (non-hydrogen) atoms. The SMILES string of the molecule is COc1ccc(F)c(Nc2ncc(N)cc2C(N)=O)c1. The van der Waals surface area contributed by atoms with Gasteiger partial charge in [0.15, 0.2) is 0 Å². The molecule has 0 atom stereocenters. The molecule has 0 aliphatic rings. The number of nitrogens with zero attached hydrogens (tertiary/aromatic N) is 1. The second kappa shape index (κ2) is 5.43. The summed E-state index contributed by atoms with van der Waals surface area (Å²) < 4.78 is 18.7. The average molecular weight is 276 g/mol. The van der Waals surface area contributed by atoms with Gasteiger partial charge in [-0.2, -0.15) is 0 Å². The molecular formula is C13H13FN4O2. The number of benzene rings is 1. The maximum Gasteiger partial charge on any atom is 0.252 e. The highest BCUT2D eigenvalue weighted by Gasteiger charge is 2.13. The summed E-state index contributed by atoms with van der Waals surface area (Å²) >= 11 is 0. The fraction of sp³-hybridized carbons (Fsp3) is 0.0769. The normalized spacial score (nSPS) is 10.1. The van der Waals surface area contributed by atoms with Crippen molar-refractivity contribution in [3.05, 3.63) is 41.8 Å². The number of ether oxygens (including phenoxy) is 1. The van der Waals surface area contributed by atoms with E-state index in [4.69, 9.17) is 16.2 Å². The highest BCUT2D eigenvalue weighted by atomic mass is 19.1. The summed E-state index contributed by atoms with van der Waals surface area (Å²) in [6, 6.07) is 5.53. The molecule has 1 amide bonds. The number of nitrogens with two attached hydrogens (primary N) is 2. The molecule has 0 aliphatic carbocycles. The number of halogens is 1. The Balaban J connectivity index is 2.42. The van der Waals surface area contributed by atoms with Crippen molar-refractivity contribution in [3.63, 3.8) is 0 Å². The summed E-state index contributed by atoms with van der Waals surface area (Å²) in [4.78, 5) is 15.3. The zero-order valence-electron chi connectivity index (χ0n) is 10.7. The molecule has 5 N–H and O–H groups in total. The van der Waals surface area contributed by atoms with Gasteiger partial charge in [-0.1, -0.05) is 0 Å². The smallest absolute Gasteiger partial charge is 0.252 e. The van der Waals surface area contributed by atoms with E-state index < -0.39 is 11.7 Å². The van der Waals surface area contributed by atoms with E-state index in [0.29, 0.717) is 5.75 Å². The van der Waals surface area contributed by atoms with Gasteiger partial charge in [-0.3, -0.25) is 4.79 Å². The maximum atomic E-state index is 13.7. The number of pyridine rings is 1. The zero-order valence-corrected chi connectivity index (χ0v) is 10.7. The van der Waals surface area contributed by atoms with Crippen molar-refractivity contribution in [3.8, 4) is 5.75 Å². The van der Waals surface area contributed by atoms with Crippen LogP contribution < -0.4 is 21.5 Å². The molecule has 1 aromatic heterocycles. The molecule has 104 valence electrons. The number of rotatable bonds is 4. The molecule has 0 radical (unpaired) electrons. The molecule has 0 aliphatic heterocycles. The molecule has 0 spiro atoms. The largest absolute Gasteiger partial charge is 0.497 e. The van der Waals surface area contributed by atoms with Gasteiger partial charge in [-0.25, -0.2) is 9.37 Å². The number of hydrogen-bond acceptors (Lipinski definition) is 5. The molecule has 7 heteroatoms. The summed E-state index contributed by atoms with van der Waals surface area (Å²) in [6.45, 7) is 0. The van der Waals surface area contributed by atoms with Gasteiger partial charge in [0.2, 0.25) is 0 Å². The zero-order chi connectivity index (χ0) is 14.7. The number of hydrogen-bond donors (Lipinski definition) is 3. The molecule has 0 bridgehead atoms. The van der Waals surface area contributed by atoms with Gasteiger partial charge in [0.1, 0.15) is 17.4 Å². The summed E-state index contributed by atoms with van der Waals surface area (Å²) in [7, 11) is 1.47. The van der Waals surface area contributed by atoms with Gasteiger partial charge in [0.25, 0.3) is 5.91 Å². The molecule has 1 aromatic carbocycles. The fourth-order valence-electron chi connectivity index (χ4n) is 1.62. The Bertz CT molecular complexity index is 661. The van der Waals surface area contributed by atoms with E-state index in [1.165, 1.54) is 37.6 Å². The van der Waals surface area contributed by atoms with E-state index >= 15 is 0 Å². The molecule has 2 rings (SSSR count). The van der Waals surface area contributed by atoms with E-state index in [1.54, 1.807) is 0 Å². The first kappa shape index (κ1) is 13.6. The summed E-state index contributed by atoms with van der Waals surface area (Å²) in [6.07, 6.45) is 1.34. The van der Waals surface area contributed by atoms with Crippen molar-refractivity contribution >= 4 is 23.1 Å². The lowest BCUT2D eigenvalue weighted by Gasteiger charge is -2.11. The minimum atomic E-state index is -0.712. The number of primary amides is 1. The first-order valence-electron chi connectivity index (χ1n) is 5.67. The van der Waals surface area contributed by atoms with Crippen LogP contribution in [0.4, 0.5) is 21.6 Å². The number of methoxy groups -OCH3 is 1. The highest BCUT2D eigenvalue weighted by molar-refractivity contribution is 5.99. The Morgan fingerprint density at radius 2 is 2.15 bits per heavy atom. The van der Waals surface area contributed by atoms with Crippen LogP contribution in [0.3, 0.4) is 0 Å². The van der Waals surface area contributed by atoms with Gasteiger partial charge >= 0.3 is 0 Å². The van der Waals surface area contributed by atoms with Crippen LogP contribution in [0, 0.1) is 5.82 Å². The molecule has 0 unspecified atom stereocenters. The second-order valence-electron chi connectivity index (χ2n) is 4.00. The Morgan fingerprint density at radius 1 is 1.40 bits per heavy atom. The lowest BCUT2D eigenvalue weighted by molar-refractivity contribution is 0.100. The van der Waals surface area contributed by atoms with Crippen molar-refractivity contribution in [1.82, 2.24) is 4.98 Å². The third kappa shape index (κ3) is 2.77. The minimum absolute atomic E-state index is 0.0761. The van der Waals surface area contributed by atoms with Crippen molar-refractivity contribution in [2.75, 3.05) is 18.2 Å². The van der Waals surface area contributed by atoms with Crippen molar-refractivity contribution in [2.45, 2.75) is 0 Å². The van der Waals surface area contributed by atoms with Crippen molar-refractivity contribution < 1.29 is 13.9 Å². The number of nitrogens with one attached hydrogen (secondary N) is 1. The first-order chi connectivity index (χ1) is 9.51. The number of nitrogen functional groups attached to an aromatic ring is 1. The van der Waals surface area contributed by atoms with Gasteiger partial charge in [-0.05, 0) is 18.2 Å². The van der Waals surface area contributed by atoms with Crippen molar-refractivity contribution in [2.24, 2.45) is 5.73 Å².